The van der Waals surface area contributed by atoms with Crippen LogP contribution in [0.3, 0.4) is 0 Å². The average Bonchev–Trinajstić information content (AvgIpc) is 2.46. The number of hydrogen-bond donors (Lipinski definition) is 1. The van der Waals surface area contributed by atoms with Crippen molar-refractivity contribution >= 4 is 16.6 Å². The highest BCUT2D eigenvalue weighted by Crippen LogP contribution is 2.20. The highest BCUT2D eigenvalue weighted by molar-refractivity contribution is 5.81. The van der Waals surface area contributed by atoms with Crippen molar-refractivity contribution in [2.24, 2.45) is 0 Å². The average molecular weight is 273 g/mol. The summed E-state index contributed by atoms with van der Waals surface area (Å²) in [6.07, 6.45) is 1.92. The summed E-state index contributed by atoms with van der Waals surface area (Å²) >= 11 is 0. The quantitative estimate of drug-likeness (QED) is 0.648. The molecule has 1 aromatic heterocycles. The molecule has 2 rings (SSSR count). The molecule has 0 amide bonds. The predicted molar refractivity (Wildman–Crippen MR) is 79.9 cm³/mol. The number of nitro groups is 1. The summed E-state index contributed by atoms with van der Waals surface area (Å²) in [5.74, 6) is 0. The van der Waals surface area contributed by atoms with Gasteiger partial charge in [-0.05, 0) is 25.1 Å². The Morgan fingerprint density at radius 3 is 2.75 bits per heavy atom. The Balaban J connectivity index is 2.25. The van der Waals surface area contributed by atoms with Crippen LogP contribution in [0.15, 0.2) is 30.3 Å². The maximum Gasteiger partial charge on any atom is 0.270 e. The summed E-state index contributed by atoms with van der Waals surface area (Å²) in [5, 5.41) is 15.0. The second-order valence-electron chi connectivity index (χ2n) is 4.80. The summed E-state index contributed by atoms with van der Waals surface area (Å²) in [6, 6.07) is 9.05. The lowest BCUT2D eigenvalue weighted by Gasteiger charge is -2.15. The van der Waals surface area contributed by atoms with Crippen LogP contribution >= 0.6 is 0 Å². The van der Waals surface area contributed by atoms with E-state index in [-0.39, 0.29) is 10.6 Å². The van der Waals surface area contributed by atoms with Gasteiger partial charge in [-0.25, -0.2) is 0 Å². The molecule has 1 N–H and O–H groups in total. The molecule has 1 aromatic carbocycles. The molecule has 0 bridgehead atoms. The zero-order chi connectivity index (χ0) is 14.5. The molecule has 1 heterocycles. The summed E-state index contributed by atoms with van der Waals surface area (Å²) in [5.41, 5.74) is 1.92. The van der Waals surface area contributed by atoms with Crippen LogP contribution in [0.5, 0.6) is 0 Å². The number of nitrogens with zero attached hydrogens (tertiary/aromatic N) is 2. The van der Waals surface area contributed by atoms with Crippen LogP contribution in [0, 0.1) is 10.1 Å². The summed E-state index contributed by atoms with van der Waals surface area (Å²) in [4.78, 5) is 14.9. The van der Waals surface area contributed by atoms with Crippen LogP contribution in [0.4, 0.5) is 5.69 Å². The number of nitro benzene ring substituents is 1. The van der Waals surface area contributed by atoms with E-state index in [1.807, 2.05) is 12.1 Å². The Kier molecular flexibility index (Phi) is 4.63. The number of non-ortho nitro benzene ring substituents is 1. The van der Waals surface area contributed by atoms with Gasteiger partial charge < -0.3 is 5.32 Å². The first-order valence-electron chi connectivity index (χ1n) is 6.91. The maximum absolute atomic E-state index is 10.7. The third-order valence-electron chi connectivity index (χ3n) is 3.38. The van der Waals surface area contributed by atoms with Crippen LogP contribution in [0.25, 0.3) is 10.9 Å². The van der Waals surface area contributed by atoms with E-state index in [4.69, 9.17) is 0 Å². The lowest BCUT2D eigenvalue weighted by Crippen LogP contribution is -2.30. The Hall–Kier alpha value is -2.01. The lowest BCUT2D eigenvalue weighted by molar-refractivity contribution is -0.384. The summed E-state index contributed by atoms with van der Waals surface area (Å²) in [7, 11) is 0. The first-order valence-corrected chi connectivity index (χ1v) is 6.91. The van der Waals surface area contributed by atoms with Crippen molar-refractivity contribution in [3.8, 4) is 0 Å². The van der Waals surface area contributed by atoms with Crippen LogP contribution < -0.4 is 5.32 Å². The van der Waals surface area contributed by atoms with Crippen molar-refractivity contribution in [3.63, 3.8) is 0 Å². The van der Waals surface area contributed by atoms with Crippen LogP contribution in [-0.2, 0) is 6.42 Å². The molecule has 0 saturated carbocycles. The van der Waals surface area contributed by atoms with E-state index in [0.717, 1.165) is 36.0 Å². The van der Waals surface area contributed by atoms with Gasteiger partial charge in [-0.15, -0.1) is 0 Å². The molecular formula is C15H19N3O2. The minimum Gasteiger partial charge on any atom is -0.314 e. The molecule has 2 aromatic rings. The molecular weight excluding hydrogens is 254 g/mol. The molecule has 0 spiro atoms. The monoisotopic (exact) mass is 273 g/mol. The van der Waals surface area contributed by atoms with E-state index < -0.39 is 0 Å². The number of hydrogen-bond acceptors (Lipinski definition) is 4. The topological polar surface area (TPSA) is 68.1 Å². The van der Waals surface area contributed by atoms with Gasteiger partial charge in [-0.2, -0.15) is 0 Å². The van der Waals surface area contributed by atoms with Gasteiger partial charge in [0, 0.05) is 35.7 Å². The van der Waals surface area contributed by atoms with Crippen molar-refractivity contribution in [1.29, 1.82) is 0 Å². The lowest BCUT2D eigenvalue weighted by atomic mass is 10.1. The van der Waals surface area contributed by atoms with Gasteiger partial charge in [-0.3, -0.25) is 15.1 Å². The zero-order valence-electron chi connectivity index (χ0n) is 11.8. The molecule has 0 aliphatic carbocycles. The number of rotatable bonds is 6. The first-order chi connectivity index (χ1) is 9.63. The van der Waals surface area contributed by atoms with E-state index >= 15 is 0 Å². The van der Waals surface area contributed by atoms with Gasteiger partial charge in [0.15, 0.2) is 0 Å². The molecule has 0 aliphatic heterocycles. The van der Waals surface area contributed by atoms with E-state index in [1.54, 1.807) is 12.1 Å². The van der Waals surface area contributed by atoms with Gasteiger partial charge >= 0.3 is 0 Å². The molecule has 0 saturated heterocycles. The summed E-state index contributed by atoms with van der Waals surface area (Å²) in [6.45, 7) is 5.19. The van der Waals surface area contributed by atoms with E-state index in [1.165, 1.54) is 6.07 Å². The number of benzene rings is 1. The standard InChI is InChI=1S/C15H19N3O2/c1-3-12(16-4-2)10-13-6-5-11-9-14(18(19)20)7-8-15(11)17-13/h5-9,12,16H,3-4,10H2,1-2H3. The molecule has 20 heavy (non-hydrogen) atoms. The smallest absolute Gasteiger partial charge is 0.270 e. The van der Waals surface area contributed by atoms with Crippen molar-refractivity contribution in [3.05, 3.63) is 46.1 Å². The SMILES string of the molecule is CCNC(CC)Cc1ccc2cc([N+](=O)[O-])ccc2n1. The number of fused-ring (bicyclic) bond motifs is 1. The number of aromatic nitrogens is 1. The van der Waals surface area contributed by atoms with Gasteiger partial charge in [0.2, 0.25) is 0 Å². The van der Waals surface area contributed by atoms with Crippen molar-refractivity contribution in [2.75, 3.05) is 6.54 Å². The van der Waals surface area contributed by atoms with Crippen molar-refractivity contribution in [2.45, 2.75) is 32.7 Å². The molecule has 106 valence electrons. The number of likely N-dealkylation sites (N-methyl/N-ethyl adjacent to an activating group) is 1. The Labute approximate surface area is 118 Å². The predicted octanol–water partition coefficient (Wildman–Crippen LogP) is 3.07. The van der Waals surface area contributed by atoms with Gasteiger partial charge in [0.05, 0.1) is 10.4 Å². The van der Waals surface area contributed by atoms with Gasteiger partial charge in [-0.1, -0.05) is 19.9 Å². The normalized spacial score (nSPS) is 12.5. The van der Waals surface area contributed by atoms with Gasteiger partial charge in [0.25, 0.3) is 5.69 Å². The molecule has 0 fully saturated rings. The number of nitrogens with one attached hydrogen (secondary N) is 1. The van der Waals surface area contributed by atoms with E-state index in [0.29, 0.717) is 6.04 Å². The third-order valence-corrected chi connectivity index (χ3v) is 3.38. The van der Waals surface area contributed by atoms with Gasteiger partial charge in [0.1, 0.15) is 0 Å². The maximum atomic E-state index is 10.7. The second kappa shape index (κ2) is 6.43. The second-order valence-corrected chi connectivity index (χ2v) is 4.80. The zero-order valence-corrected chi connectivity index (χ0v) is 11.8. The molecule has 0 radical (unpaired) electrons. The highest BCUT2D eigenvalue weighted by Gasteiger charge is 2.10. The summed E-state index contributed by atoms with van der Waals surface area (Å²) < 4.78 is 0. The first kappa shape index (κ1) is 14.4. The molecule has 5 nitrogen and oxygen atoms in total. The van der Waals surface area contributed by atoms with Crippen molar-refractivity contribution < 1.29 is 4.92 Å². The van der Waals surface area contributed by atoms with Crippen LogP contribution in [0.2, 0.25) is 0 Å². The Bertz CT molecular complexity index is 613. The highest BCUT2D eigenvalue weighted by atomic mass is 16.6. The fourth-order valence-corrected chi connectivity index (χ4v) is 2.28. The van der Waals surface area contributed by atoms with Crippen LogP contribution in [-0.4, -0.2) is 22.5 Å². The molecule has 0 aliphatic rings. The Morgan fingerprint density at radius 2 is 2.10 bits per heavy atom. The molecule has 5 heteroatoms. The number of pyridine rings is 1. The third kappa shape index (κ3) is 3.30. The van der Waals surface area contributed by atoms with Crippen molar-refractivity contribution in [1.82, 2.24) is 10.3 Å². The molecule has 1 unspecified atom stereocenters. The minimum absolute atomic E-state index is 0.103. The fraction of sp³-hybridized carbons (Fsp3) is 0.400. The molecule has 1 atom stereocenters. The minimum atomic E-state index is -0.383. The fourth-order valence-electron chi connectivity index (χ4n) is 2.28. The van der Waals surface area contributed by atoms with E-state index in [2.05, 4.69) is 24.1 Å². The van der Waals surface area contributed by atoms with Crippen LogP contribution in [0.1, 0.15) is 26.0 Å². The largest absolute Gasteiger partial charge is 0.314 e. The Morgan fingerprint density at radius 1 is 1.30 bits per heavy atom. The van der Waals surface area contributed by atoms with E-state index in [9.17, 15) is 10.1 Å².